The molecular formula is C21H32O2. The number of aliphatic hydroxyl groups is 1. The van der Waals surface area contributed by atoms with Crippen LogP contribution in [0.1, 0.15) is 72.1 Å². The first-order chi connectivity index (χ1) is 10.9. The fraction of sp³-hybridized carbons (Fsp3) is 0.857. The van der Waals surface area contributed by atoms with E-state index in [-0.39, 0.29) is 11.5 Å². The Morgan fingerprint density at radius 3 is 2.65 bits per heavy atom. The summed E-state index contributed by atoms with van der Waals surface area (Å²) < 4.78 is 0. The Kier molecular flexibility index (Phi) is 3.58. The van der Waals surface area contributed by atoms with Gasteiger partial charge in [0.1, 0.15) is 5.78 Å². The number of allylic oxidation sites excluding steroid dienone is 1. The van der Waals surface area contributed by atoms with Crippen LogP contribution >= 0.6 is 0 Å². The molecule has 2 nitrogen and oxygen atoms in total. The van der Waals surface area contributed by atoms with Gasteiger partial charge in [-0.25, -0.2) is 0 Å². The molecule has 0 spiro atoms. The van der Waals surface area contributed by atoms with Gasteiger partial charge in [-0.3, -0.25) is 4.79 Å². The van der Waals surface area contributed by atoms with E-state index in [9.17, 15) is 9.90 Å². The van der Waals surface area contributed by atoms with Crippen LogP contribution in [0, 0.1) is 34.5 Å². The Hall–Kier alpha value is -0.630. The molecule has 0 aromatic rings. The van der Waals surface area contributed by atoms with E-state index in [1.54, 1.807) is 5.57 Å². The van der Waals surface area contributed by atoms with E-state index in [2.05, 4.69) is 19.9 Å². The van der Waals surface area contributed by atoms with Crippen LogP contribution in [0.4, 0.5) is 0 Å². The van der Waals surface area contributed by atoms with Crippen LogP contribution in [-0.2, 0) is 4.79 Å². The lowest BCUT2D eigenvalue weighted by atomic mass is 9.47. The molecule has 0 saturated heterocycles. The molecular weight excluding hydrogens is 284 g/mol. The van der Waals surface area contributed by atoms with Gasteiger partial charge in [-0.1, -0.05) is 25.5 Å². The Morgan fingerprint density at radius 1 is 1.13 bits per heavy atom. The van der Waals surface area contributed by atoms with Crippen LogP contribution in [0.25, 0.3) is 0 Å². The standard InChI is InChI=1S/C21H32O2/c1-13(22)17-6-7-18-16-5-4-14-12-15(23)8-10-20(14,2)19(16)9-11-21(17,18)3/h4,15-19,23H,5-12H2,1-3H3/t15-,16+,17+,18-,19-,20+,21-/m1/s1. The van der Waals surface area contributed by atoms with Gasteiger partial charge in [0.25, 0.3) is 0 Å². The van der Waals surface area contributed by atoms with Gasteiger partial charge in [-0.15, -0.1) is 0 Å². The highest BCUT2D eigenvalue weighted by Crippen LogP contribution is 2.66. The molecule has 4 aliphatic rings. The van der Waals surface area contributed by atoms with Gasteiger partial charge in [0.15, 0.2) is 0 Å². The second-order valence-electron chi connectivity index (χ2n) is 9.44. The highest BCUT2D eigenvalue weighted by atomic mass is 16.3. The van der Waals surface area contributed by atoms with Gasteiger partial charge >= 0.3 is 0 Å². The minimum atomic E-state index is -0.117. The largest absolute Gasteiger partial charge is 0.393 e. The van der Waals surface area contributed by atoms with Gasteiger partial charge in [0, 0.05) is 5.92 Å². The topological polar surface area (TPSA) is 37.3 Å². The molecule has 1 N–H and O–H groups in total. The average molecular weight is 316 g/mol. The molecule has 0 aromatic heterocycles. The second kappa shape index (κ2) is 5.18. The number of carbonyl (C=O) groups excluding carboxylic acids is 1. The maximum absolute atomic E-state index is 12.2. The van der Waals surface area contributed by atoms with Gasteiger partial charge in [0.2, 0.25) is 0 Å². The predicted octanol–water partition coefficient (Wildman–Crippen LogP) is 4.52. The molecule has 0 aliphatic heterocycles. The predicted molar refractivity (Wildman–Crippen MR) is 91.9 cm³/mol. The summed E-state index contributed by atoms with van der Waals surface area (Å²) in [6.45, 7) is 6.70. The van der Waals surface area contributed by atoms with Crippen molar-refractivity contribution in [2.45, 2.75) is 78.2 Å². The van der Waals surface area contributed by atoms with E-state index < -0.39 is 0 Å². The molecule has 0 radical (unpaired) electrons. The number of ketones is 1. The molecule has 4 aliphatic carbocycles. The third-order valence-corrected chi connectivity index (χ3v) is 8.57. The Balaban J connectivity index is 1.66. The first-order valence-electron chi connectivity index (χ1n) is 9.74. The maximum atomic E-state index is 12.2. The molecule has 0 amide bonds. The Morgan fingerprint density at radius 2 is 1.91 bits per heavy atom. The van der Waals surface area contributed by atoms with Gasteiger partial charge in [-0.05, 0) is 86.9 Å². The van der Waals surface area contributed by atoms with Crippen molar-refractivity contribution in [3.05, 3.63) is 11.6 Å². The van der Waals surface area contributed by atoms with Crippen molar-refractivity contribution in [2.24, 2.45) is 34.5 Å². The third kappa shape index (κ3) is 2.13. The van der Waals surface area contributed by atoms with Crippen molar-refractivity contribution in [1.82, 2.24) is 0 Å². The smallest absolute Gasteiger partial charge is 0.133 e. The monoisotopic (exact) mass is 316 g/mol. The first-order valence-corrected chi connectivity index (χ1v) is 9.74. The fourth-order valence-electron chi connectivity index (χ4n) is 7.31. The van der Waals surface area contributed by atoms with E-state index in [0.717, 1.165) is 43.4 Å². The number of rotatable bonds is 1. The number of hydrogen-bond donors (Lipinski definition) is 1. The second-order valence-corrected chi connectivity index (χ2v) is 9.44. The molecule has 0 heterocycles. The van der Waals surface area contributed by atoms with Crippen molar-refractivity contribution < 1.29 is 9.90 Å². The molecule has 3 fully saturated rings. The number of aliphatic hydroxyl groups excluding tert-OH is 1. The summed E-state index contributed by atoms with van der Waals surface area (Å²) >= 11 is 0. The lowest BCUT2D eigenvalue weighted by molar-refractivity contribution is -0.127. The van der Waals surface area contributed by atoms with Crippen LogP contribution in [0.5, 0.6) is 0 Å². The van der Waals surface area contributed by atoms with Crippen molar-refractivity contribution in [3.63, 3.8) is 0 Å². The summed E-state index contributed by atoms with van der Waals surface area (Å²) in [6.07, 6.45) is 11.5. The molecule has 2 heteroatoms. The molecule has 0 bridgehead atoms. The Labute approximate surface area is 140 Å². The van der Waals surface area contributed by atoms with Crippen molar-refractivity contribution in [1.29, 1.82) is 0 Å². The van der Waals surface area contributed by atoms with Crippen molar-refractivity contribution >= 4 is 5.78 Å². The van der Waals surface area contributed by atoms with Crippen LogP contribution < -0.4 is 0 Å². The van der Waals surface area contributed by atoms with Crippen molar-refractivity contribution in [3.8, 4) is 0 Å². The number of Topliss-reactive ketones (excluding diaryl/α,β-unsaturated/α-hetero) is 1. The fourth-order valence-corrected chi connectivity index (χ4v) is 7.31. The summed E-state index contributed by atoms with van der Waals surface area (Å²) in [5, 5.41) is 10.1. The minimum absolute atomic E-state index is 0.117. The quantitative estimate of drug-likeness (QED) is 0.722. The summed E-state index contributed by atoms with van der Waals surface area (Å²) in [7, 11) is 0. The number of carbonyl (C=O) groups is 1. The summed E-state index contributed by atoms with van der Waals surface area (Å²) in [6, 6.07) is 0. The lowest BCUT2D eigenvalue weighted by Gasteiger charge is -2.57. The third-order valence-electron chi connectivity index (χ3n) is 8.57. The van der Waals surface area contributed by atoms with Crippen LogP contribution in [0.3, 0.4) is 0 Å². The minimum Gasteiger partial charge on any atom is -0.393 e. The van der Waals surface area contributed by atoms with Gasteiger partial charge < -0.3 is 5.11 Å². The summed E-state index contributed by atoms with van der Waals surface area (Å²) in [5.41, 5.74) is 2.11. The van der Waals surface area contributed by atoms with E-state index in [1.807, 2.05) is 6.92 Å². The molecule has 23 heavy (non-hydrogen) atoms. The molecule has 4 rings (SSSR count). The van der Waals surface area contributed by atoms with Crippen LogP contribution in [0.2, 0.25) is 0 Å². The Bertz CT molecular complexity index is 550. The highest BCUT2D eigenvalue weighted by molar-refractivity contribution is 5.79. The SMILES string of the molecule is CC(=O)[C@@H]1CC[C@@H]2[C@@H]3CC=C4C[C@H](O)CC[C@]4(C)[C@@H]3CC[C@@]21C. The van der Waals surface area contributed by atoms with E-state index >= 15 is 0 Å². The number of hydrogen-bond acceptors (Lipinski definition) is 2. The number of fused-ring (bicyclic) bond motifs is 5. The molecule has 3 saturated carbocycles. The van der Waals surface area contributed by atoms with E-state index in [0.29, 0.717) is 17.1 Å². The zero-order valence-corrected chi connectivity index (χ0v) is 15.0. The first kappa shape index (κ1) is 15.9. The van der Waals surface area contributed by atoms with Gasteiger partial charge in [0.05, 0.1) is 6.10 Å². The van der Waals surface area contributed by atoms with E-state index in [4.69, 9.17) is 0 Å². The molecule has 7 atom stereocenters. The summed E-state index contributed by atoms with van der Waals surface area (Å²) in [4.78, 5) is 12.2. The molecule has 128 valence electrons. The molecule has 0 aromatic carbocycles. The lowest BCUT2D eigenvalue weighted by Crippen LogP contribution is -2.50. The van der Waals surface area contributed by atoms with Crippen LogP contribution in [-0.4, -0.2) is 17.0 Å². The highest BCUT2D eigenvalue weighted by Gasteiger charge is 2.59. The summed E-state index contributed by atoms with van der Waals surface area (Å²) in [5.74, 6) is 3.00. The van der Waals surface area contributed by atoms with Gasteiger partial charge in [-0.2, -0.15) is 0 Å². The normalized spacial score (nSPS) is 52.2. The molecule has 0 unspecified atom stereocenters. The zero-order valence-electron chi connectivity index (χ0n) is 15.0. The average Bonchev–Trinajstić information content (AvgIpc) is 2.85. The maximum Gasteiger partial charge on any atom is 0.133 e. The van der Waals surface area contributed by atoms with Crippen molar-refractivity contribution in [2.75, 3.05) is 0 Å². The van der Waals surface area contributed by atoms with Crippen LogP contribution in [0.15, 0.2) is 11.6 Å². The zero-order chi connectivity index (χ0) is 16.4. The van der Waals surface area contributed by atoms with E-state index in [1.165, 1.54) is 25.7 Å².